The van der Waals surface area contributed by atoms with E-state index in [-0.39, 0.29) is 29.5 Å². The van der Waals surface area contributed by atoms with Crippen LogP contribution >= 0.6 is 24.0 Å². The Balaban J connectivity index is 0.00000300. The monoisotopic (exact) mass is 540 g/mol. The van der Waals surface area contributed by atoms with Gasteiger partial charge in [0.25, 0.3) is 0 Å². The molecule has 0 aromatic rings. The highest BCUT2D eigenvalue weighted by Gasteiger charge is 2.38. The second-order valence-electron chi connectivity index (χ2n) is 8.61. The highest BCUT2D eigenvalue weighted by molar-refractivity contribution is 14.0. The van der Waals surface area contributed by atoms with Gasteiger partial charge >= 0.3 is 0 Å². The molecule has 1 aliphatic heterocycles. The third-order valence-corrected chi connectivity index (χ3v) is 8.64. The topological polar surface area (TPSA) is 66.0 Å². The summed E-state index contributed by atoms with van der Waals surface area (Å²) in [6.07, 6.45) is 10.9. The van der Waals surface area contributed by atoms with Crippen molar-refractivity contribution >= 4 is 40.7 Å². The van der Waals surface area contributed by atoms with Crippen molar-refractivity contribution in [3.05, 3.63) is 0 Å². The van der Waals surface area contributed by atoms with Crippen molar-refractivity contribution in [3.8, 4) is 0 Å². The van der Waals surface area contributed by atoms with Gasteiger partial charge in [-0.05, 0) is 32.1 Å². The Labute approximate surface area is 196 Å². The summed E-state index contributed by atoms with van der Waals surface area (Å²) in [6.45, 7) is 6.77. The summed E-state index contributed by atoms with van der Waals surface area (Å²) in [5, 5.41) is 7.64. The number of aliphatic imine (C=N–C) groups is 1. The molecular weight excluding hydrogens is 499 g/mol. The van der Waals surface area contributed by atoms with Crippen molar-refractivity contribution in [2.45, 2.75) is 81.5 Å². The molecule has 3 rings (SSSR count). The molecular formula is C21H41IN4O2S. The van der Waals surface area contributed by atoms with Gasteiger partial charge in [-0.25, -0.2) is 0 Å². The van der Waals surface area contributed by atoms with Crippen molar-refractivity contribution in [1.29, 1.82) is 0 Å². The summed E-state index contributed by atoms with van der Waals surface area (Å²) >= 11 is 0. The Morgan fingerprint density at radius 2 is 1.90 bits per heavy atom. The molecule has 3 atom stereocenters. The second-order valence-corrected chi connectivity index (χ2v) is 10.6. The molecule has 6 nitrogen and oxygen atoms in total. The molecule has 1 heterocycles. The average molecular weight is 541 g/mol. The minimum atomic E-state index is -0.687. The minimum absolute atomic E-state index is 0. The van der Waals surface area contributed by atoms with Gasteiger partial charge in [0.2, 0.25) is 0 Å². The molecule has 2 aliphatic carbocycles. The Bertz CT molecular complexity index is 537. The number of hydrogen-bond acceptors (Lipinski definition) is 4. The van der Waals surface area contributed by atoms with Gasteiger partial charge in [0.05, 0.1) is 13.2 Å². The molecule has 3 fully saturated rings. The maximum absolute atomic E-state index is 12.2. The second kappa shape index (κ2) is 12.8. The fourth-order valence-electron chi connectivity index (χ4n) is 5.24. The van der Waals surface area contributed by atoms with E-state index in [9.17, 15) is 4.21 Å². The lowest BCUT2D eigenvalue weighted by Crippen LogP contribution is -2.61. The number of rotatable bonds is 6. The van der Waals surface area contributed by atoms with Gasteiger partial charge in [0.1, 0.15) is 0 Å². The third-order valence-electron chi connectivity index (χ3n) is 6.90. The van der Waals surface area contributed by atoms with E-state index in [4.69, 9.17) is 4.74 Å². The predicted octanol–water partition coefficient (Wildman–Crippen LogP) is 2.88. The van der Waals surface area contributed by atoms with Crippen LogP contribution < -0.4 is 10.6 Å². The zero-order valence-electron chi connectivity index (χ0n) is 18.3. The molecule has 1 saturated heterocycles. The molecule has 0 radical (unpaired) electrons. The molecule has 0 spiro atoms. The Morgan fingerprint density at radius 1 is 1.17 bits per heavy atom. The number of hydrogen-bond donors (Lipinski definition) is 2. The quantitative estimate of drug-likeness (QED) is 0.308. The van der Waals surface area contributed by atoms with Crippen LogP contribution in [0.25, 0.3) is 0 Å². The van der Waals surface area contributed by atoms with Crippen LogP contribution in [0.3, 0.4) is 0 Å². The van der Waals surface area contributed by atoms with E-state index >= 15 is 0 Å². The van der Waals surface area contributed by atoms with Crippen LogP contribution in [0.4, 0.5) is 0 Å². The van der Waals surface area contributed by atoms with E-state index in [1.165, 1.54) is 32.1 Å². The Kier molecular flexibility index (Phi) is 11.2. The summed E-state index contributed by atoms with van der Waals surface area (Å²) < 4.78 is 17.8. The van der Waals surface area contributed by atoms with Crippen LogP contribution in [0.15, 0.2) is 4.99 Å². The highest BCUT2D eigenvalue weighted by atomic mass is 127. The number of guanidine groups is 1. The zero-order chi connectivity index (χ0) is 19.8. The fraction of sp³-hybridized carbons (Fsp3) is 0.952. The average Bonchev–Trinajstić information content (AvgIpc) is 2.77. The Hall–Kier alpha value is 0.0700. The van der Waals surface area contributed by atoms with Crippen molar-refractivity contribution in [3.63, 3.8) is 0 Å². The van der Waals surface area contributed by atoms with Crippen molar-refractivity contribution in [2.75, 3.05) is 45.6 Å². The molecule has 29 heavy (non-hydrogen) atoms. The molecule has 3 aliphatic rings. The van der Waals surface area contributed by atoms with E-state index in [1.54, 1.807) is 0 Å². The summed E-state index contributed by atoms with van der Waals surface area (Å²) in [7, 11) is 1.18. The summed E-state index contributed by atoms with van der Waals surface area (Å²) in [5.74, 6) is 1.68. The maximum atomic E-state index is 12.2. The van der Waals surface area contributed by atoms with Crippen molar-refractivity contribution < 1.29 is 8.95 Å². The number of nitrogens with zero attached hydrogens (tertiary/aromatic N) is 2. The maximum Gasteiger partial charge on any atom is 0.191 e. The molecule has 3 unspecified atom stereocenters. The zero-order valence-corrected chi connectivity index (χ0v) is 21.4. The normalized spacial score (nSPS) is 29.5. The van der Waals surface area contributed by atoms with Crippen LogP contribution in [-0.4, -0.2) is 77.5 Å². The fourth-order valence-corrected chi connectivity index (χ4v) is 6.59. The van der Waals surface area contributed by atoms with Crippen LogP contribution in [0.2, 0.25) is 0 Å². The first-order valence-electron chi connectivity index (χ1n) is 11.3. The molecule has 0 bridgehead atoms. The first kappa shape index (κ1) is 25.3. The summed E-state index contributed by atoms with van der Waals surface area (Å²) in [5.41, 5.74) is 0.235. The highest BCUT2D eigenvalue weighted by Crippen LogP contribution is 2.34. The van der Waals surface area contributed by atoms with E-state index in [2.05, 4.69) is 20.5 Å². The van der Waals surface area contributed by atoms with E-state index < -0.39 is 10.8 Å². The molecule has 0 aromatic carbocycles. The molecule has 170 valence electrons. The molecule has 2 saturated carbocycles. The molecule has 8 heteroatoms. The molecule has 0 aromatic heterocycles. The number of morpholine rings is 1. The lowest BCUT2D eigenvalue weighted by Gasteiger charge is -2.48. The standard InChI is InChI=1S/C21H40N4O2S.HI/c1-3-28(26)19-9-7-8-18(16-19)24-20(22-2)23-17-21(10-5-4-6-11-21)25-12-14-27-15-13-25;/h18-19H,3-17H2,1-2H3,(H2,22,23,24);1H. The third kappa shape index (κ3) is 7.04. The smallest absolute Gasteiger partial charge is 0.191 e. The van der Waals surface area contributed by atoms with Gasteiger partial charge < -0.3 is 15.4 Å². The van der Waals surface area contributed by atoms with Gasteiger partial charge in [0, 0.05) is 60.1 Å². The summed E-state index contributed by atoms with van der Waals surface area (Å²) in [4.78, 5) is 7.17. The van der Waals surface area contributed by atoms with Crippen LogP contribution in [0.5, 0.6) is 0 Å². The predicted molar refractivity (Wildman–Crippen MR) is 133 cm³/mol. The lowest BCUT2D eigenvalue weighted by atomic mass is 9.79. The first-order chi connectivity index (χ1) is 13.7. The van der Waals surface area contributed by atoms with Crippen molar-refractivity contribution in [2.24, 2.45) is 4.99 Å². The minimum Gasteiger partial charge on any atom is -0.379 e. The number of nitrogens with one attached hydrogen (secondary N) is 2. The number of ether oxygens (including phenoxy) is 1. The first-order valence-corrected chi connectivity index (χ1v) is 12.7. The van der Waals surface area contributed by atoms with E-state index in [0.29, 0.717) is 11.3 Å². The van der Waals surface area contributed by atoms with E-state index in [1.807, 2.05) is 14.0 Å². The van der Waals surface area contributed by atoms with Crippen LogP contribution in [0.1, 0.15) is 64.7 Å². The lowest BCUT2D eigenvalue weighted by molar-refractivity contribution is -0.0352. The van der Waals surface area contributed by atoms with Crippen LogP contribution in [0, 0.1) is 0 Å². The SMILES string of the molecule is CCS(=O)C1CCCC(NC(=NC)NCC2(N3CCOCC3)CCCCC2)C1.I. The largest absolute Gasteiger partial charge is 0.379 e. The summed E-state index contributed by atoms with van der Waals surface area (Å²) in [6, 6.07) is 0.381. The van der Waals surface area contributed by atoms with Crippen LogP contribution in [-0.2, 0) is 15.5 Å². The Morgan fingerprint density at radius 3 is 2.55 bits per heavy atom. The van der Waals surface area contributed by atoms with E-state index in [0.717, 1.165) is 70.2 Å². The van der Waals surface area contributed by atoms with Crippen molar-refractivity contribution in [1.82, 2.24) is 15.5 Å². The van der Waals surface area contributed by atoms with Gasteiger partial charge in [-0.2, -0.15) is 0 Å². The van der Waals surface area contributed by atoms with Gasteiger partial charge in [-0.3, -0.25) is 14.1 Å². The van der Waals surface area contributed by atoms with Gasteiger partial charge in [0.15, 0.2) is 5.96 Å². The number of halogens is 1. The van der Waals surface area contributed by atoms with Gasteiger partial charge in [-0.15, -0.1) is 24.0 Å². The molecule has 0 amide bonds. The molecule has 2 N–H and O–H groups in total. The van der Waals surface area contributed by atoms with Gasteiger partial charge in [-0.1, -0.05) is 32.6 Å².